The summed E-state index contributed by atoms with van der Waals surface area (Å²) < 4.78 is 20.9. The topological polar surface area (TPSA) is 71.1 Å². The molecule has 0 fully saturated rings. The van der Waals surface area contributed by atoms with E-state index in [0.717, 1.165) is 12.2 Å². The van der Waals surface area contributed by atoms with Crippen molar-refractivity contribution in [1.29, 1.82) is 0 Å². The van der Waals surface area contributed by atoms with E-state index >= 15 is 0 Å². The van der Waals surface area contributed by atoms with E-state index < -0.39 is 21.0 Å². The molecule has 6 nitrogen and oxygen atoms in total. The first-order valence-corrected chi connectivity index (χ1v) is 7.44. The maximum atomic E-state index is 11.4. The Bertz CT molecular complexity index is 316. The van der Waals surface area contributed by atoms with E-state index in [4.69, 9.17) is 17.7 Å². The summed E-state index contributed by atoms with van der Waals surface area (Å²) >= 11 is 0. The summed E-state index contributed by atoms with van der Waals surface area (Å²) in [5, 5.41) is 0. The highest BCUT2D eigenvalue weighted by Gasteiger charge is 2.55. The summed E-state index contributed by atoms with van der Waals surface area (Å²) in [5.41, 5.74) is 0. The van der Waals surface area contributed by atoms with Crippen LogP contribution in [0.15, 0.2) is 25.3 Å². The van der Waals surface area contributed by atoms with E-state index in [1.165, 1.54) is 0 Å². The average Bonchev–Trinajstić information content (AvgIpc) is 2.26. The highest BCUT2D eigenvalue weighted by atomic mass is 28.4. The first-order chi connectivity index (χ1) is 8.74. The minimum absolute atomic E-state index is 0.361. The van der Waals surface area contributed by atoms with Crippen LogP contribution >= 0.6 is 0 Å². The van der Waals surface area contributed by atoms with Crippen LogP contribution in [-0.2, 0) is 27.3 Å². The van der Waals surface area contributed by atoms with Gasteiger partial charge in [-0.1, -0.05) is 13.2 Å². The van der Waals surface area contributed by atoms with E-state index in [2.05, 4.69) is 13.2 Å². The van der Waals surface area contributed by atoms with E-state index in [0.29, 0.717) is 0 Å². The zero-order valence-electron chi connectivity index (χ0n) is 11.7. The smallest absolute Gasteiger partial charge is 0.439 e. The largest absolute Gasteiger partial charge is 0.825 e. The van der Waals surface area contributed by atoms with Crippen LogP contribution in [0.5, 0.6) is 0 Å². The lowest BCUT2D eigenvalue weighted by Crippen LogP contribution is -2.54. The van der Waals surface area contributed by atoms with Gasteiger partial charge in [0.2, 0.25) is 0 Å². The van der Waals surface area contributed by atoms with Crippen molar-refractivity contribution in [3.63, 3.8) is 0 Å². The van der Waals surface area contributed by atoms with Crippen molar-refractivity contribution < 1.29 is 27.3 Å². The van der Waals surface area contributed by atoms with E-state index in [-0.39, 0.29) is 12.2 Å². The molecule has 0 aliphatic carbocycles. The molecular formula is C12H20O6Si. The van der Waals surface area contributed by atoms with Crippen molar-refractivity contribution in [3.05, 3.63) is 25.3 Å². The molecule has 19 heavy (non-hydrogen) atoms. The number of rotatable bonds is 8. The second kappa shape index (κ2) is 7.88. The Morgan fingerprint density at radius 1 is 0.895 bits per heavy atom. The Balaban J connectivity index is 5.27. The number of hydrogen-bond acceptors (Lipinski definition) is 6. The lowest BCUT2D eigenvalue weighted by Gasteiger charge is -2.28. The molecule has 0 aliphatic heterocycles. The fourth-order valence-corrected chi connectivity index (χ4v) is 3.16. The van der Waals surface area contributed by atoms with Crippen LogP contribution in [-0.4, -0.2) is 33.2 Å². The first kappa shape index (κ1) is 17.6. The Morgan fingerprint density at radius 2 is 1.21 bits per heavy atom. The predicted molar refractivity (Wildman–Crippen MR) is 70.8 cm³/mol. The molecule has 0 unspecified atom stereocenters. The first-order valence-electron chi connectivity index (χ1n) is 5.81. The molecule has 0 aliphatic rings. The third-order valence-electron chi connectivity index (χ3n) is 1.54. The monoisotopic (exact) mass is 288 g/mol. The molecule has 0 radical (unpaired) electrons. The maximum absolute atomic E-state index is 11.4. The number of carbonyl (C=O) groups is 2. The Kier molecular flexibility index (Phi) is 7.28. The minimum atomic E-state index is -3.93. The van der Waals surface area contributed by atoms with Crippen LogP contribution < -0.4 is 0 Å². The summed E-state index contributed by atoms with van der Waals surface area (Å²) in [6.45, 7) is 13.4. The Hall–Kier alpha value is -1.44. The van der Waals surface area contributed by atoms with Gasteiger partial charge in [0, 0.05) is 24.4 Å². The number of carbonyl (C=O) groups excluding carboxylic acids is 2. The normalized spacial score (nSPS) is 11.3. The van der Waals surface area contributed by atoms with E-state index in [9.17, 15) is 9.59 Å². The average molecular weight is 288 g/mol. The van der Waals surface area contributed by atoms with Gasteiger partial charge in [-0.05, 0) is 27.7 Å². The van der Waals surface area contributed by atoms with Crippen molar-refractivity contribution >= 4 is 21.0 Å². The molecule has 0 aromatic rings. The van der Waals surface area contributed by atoms with Crippen LogP contribution in [0.4, 0.5) is 0 Å². The molecule has 108 valence electrons. The quantitative estimate of drug-likeness (QED) is 0.500. The second-order valence-electron chi connectivity index (χ2n) is 4.08. The summed E-state index contributed by atoms with van der Waals surface area (Å²) in [6, 6.07) is 0. The molecular weight excluding hydrogens is 268 g/mol. The zero-order chi connectivity index (χ0) is 15.1. The van der Waals surface area contributed by atoms with Crippen molar-refractivity contribution in [2.75, 3.05) is 0 Å². The van der Waals surface area contributed by atoms with Gasteiger partial charge < -0.3 is 17.7 Å². The van der Waals surface area contributed by atoms with Gasteiger partial charge in [-0.2, -0.15) is 0 Å². The lowest BCUT2D eigenvalue weighted by atomic mass is 10.5. The van der Waals surface area contributed by atoms with Crippen molar-refractivity contribution in [2.45, 2.75) is 39.9 Å². The van der Waals surface area contributed by atoms with Crippen molar-refractivity contribution in [1.82, 2.24) is 0 Å². The van der Waals surface area contributed by atoms with Gasteiger partial charge in [-0.15, -0.1) is 0 Å². The van der Waals surface area contributed by atoms with E-state index in [1.54, 1.807) is 27.7 Å². The molecule has 0 saturated heterocycles. The van der Waals surface area contributed by atoms with E-state index in [1.807, 2.05) is 0 Å². The zero-order valence-corrected chi connectivity index (χ0v) is 12.7. The fourth-order valence-electron chi connectivity index (χ4n) is 1.05. The molecule has 0 amide bonds. The fraction of sp³-hybridized carbons (Fsp3) is 0.500. The highest BCUT2D eigenvalue weighted by molar-refractivity contribution is 6.58. The van der Waals surface area contributed by atoms with Gasteiger partial charge in [-0.3, -0.25) is 0 Å². The van der Waals surface area contributed by atoms with Crippen LogP contribution in [0, 0.1) is 0 Å². The summed E-state index contributed by atoms with van der Waals surface area (Å²) in [6.07, 6.45) is 1.16. The third kappa shape index (κ3) is 6.90. The van der Waals surface area contributed by atoms with Gasteiger partial charge >= 0.3 is 21.0 Å². The van der Waals surface area contributed by atoms with Gasteiger partial charge in [0.05, 0.1) is 0 Å². The van der Waals surface area contributed by atoms with Crippen LogP contribution in [0.25, 0.3) is 0 Å². The summed E-state index contributed by atoms with van der Waals surface area (Å²) in [5.74, 6) is -1.57. The molecule has 0 heterocycles. The molecule has 0 atom stereocenters. The lowest BCUT2D eigenvalue weighted by molar-refractivity contribution is -0.150. The van der Waals surface area contributed by atoms with Crippen LogP contribution in [0.3, 0.4) is 0 Å². The highest BCUT2D eigenvalue weighted by Crippen LogP contribution is 2.18. The Morgan fingerprint density at radius 3 is 1.42 bits per heavy atom. The van der Waals surface area contributed by atoms with Gasteiger partial charge in [0.15, 0.2) is 0 Å². The predicted octanol–water partition coefficient (Wildman–Crippen LogP) is 1.73. The molecule has 0 aromatic heterocycles. The number of hydrogen-bond donors (Lipinski definition) is 0. The van der Waals surface area contributed by atoms with Gasteiger partial charge in [0.25, 0.3) is 0 Å². The van der Waals surface area contributed by atoms with Crippen LogP contribution in [0.2, 0.25) is 0 Å². The van der Waals surface area contributed by atoms with Crippen molar-refractivity contribution in [3.8, 4) is 0 Å². The molecule has 7 heteroatoms. The Labute approximate surface area is 114 Å². The molecule has 0 saturated carbocycles. The second-order valence-corrected chi connectivity index (χ2v) is 5.96. The third-order valence-corrected chi connectivity index (χ3v) is 3.97. The maximum Gasteiger partial charge on any atom is 0.825 e. The summed E-state index contributed by atoms with van der Waals surface area (Å²) in [4.78, 5) is 22.8. The molecule has 0 spiro atoms. The van der Waals surface area contributed by atoms with Crippen LogP contribution in [0.1, 0.15) is 27.7 Å². The molecule has 0 bridgehead atoms. The summed E-state index contributed by atoms with van der Waals surface area (Å²) in [7, 11) is -3.93. The molecule has 0 N–H and O–H groups in total. The standard InChI is InChI=1S/C12H20O6Si/c1-7-11(13)17-19(15-9(3)4,16-10(5)6)18-12(14)8-2/h7-10H,1-2H2,3-6H3. The SMILES string of the molecule is C=CC(=O)O[Si](OC(=O)C=C)(OC(C)C)OC(C)C. The van der Waals surface area contributed by atoms with Gasteiger partial charge in [0.1, 0.15) is 0 Å². The van der Waals surface area contributed by atoms with Crippen molar-refractivity contribution in [2.24, 2.45) is 0 Å². The molecule has 0 rings (SSSR count). The van der Waals surface area contributed by atoms with Gasteiger partial charge in [-0.25, -0.2) is 9.59 Å². The molecule has 0 aromatic carbocycles. The minimum Gasteiger partial charge on any atom is -0.439 e.